The van der Waals surface area contributed by atoms with Crippen LogP contribution in [-0.2, 0) is 16.2 Å². The number of benzene rings is 4. The molecule has 1 aliphatic rings. The summed E-state index contributed by atoms with van der Waals surface area (Å²) in [7, 11) is 0. The number of amides is 4. The van der Waals surface area contributed by atoms with Crippen LogP contribution in [-0.4, -0.2) is 17.8 Å². The molecule has 0 aromatic heterocycles. The summed E-state index contributed by atoms with van der Waals surface area (Å²) in [4.78, 5) is 38.7. The minimum Gasteiger partial charge on any atom is -0.487 e. The minimum atomic E-state index is -0.889. The zero-order chi connectivity index (χ0) is 26.1. The average Bonchev–Trinajstić information content (AvgIpc) is 2.87. The Morgan fingerprint density at radius 3 is 2.24 bits per heavy atom. The van der Waals surface area contributed by atoms with Gasteiger partial charge in [-0.25, -0.2) is 14.1 Å². The molecule has 6 nitrogen and oxygen atoms in total. The number of hydrogen-bond donors (Lipinski definition) is 1. The molecule has 184 valence electrons. The van der Waals surface area contributed by atoms with Crippen LogP contribution in [0.2, 0.25) is 0 Å². The fourth-order valence-corrected chi connectivity index (χ4v) is 6.06. The summed E-state index contributed by atoms with van der Waals surface area (Å²) in [6.45, 7) is 0.382. The highest BCUT2D eigenvalue weighted by molar-refractivity contribution is 14.1. The topological polar surface area (TPSA) is 75.7 Å². The summed E-state index contributed by atoms with van der Waals surface area (Å²) in [6.07, 6.45) is 1.43. The molecule has 1 fully saturated rings. The third-order valence-electron chi connectivity index (χ3n) is 5.72. The van der Waals surface area contributed by atoms with E-state index in [2.05, 4.69) is 74.8 Å². The fourth-order valence-electron chi connectivity index (χ4n) is 3.93. The molecule has 37 heavy (non-hydrogen) atoms. The molecular weight excluding hydrogens is 701 g/mol. The Morgan fingerprint density at radius 1 is 0.865 bits per heavy atom. The third kappa shape index (κ3) is 5.37. The lowest BCUT2D eigenvalue weighted by Gasteiger charge is -2.26. The normalized spacial score (nSPS) is 14.8. The Morgan fingerprint density at radius 2 is 1.54 bits per heavy atom. The lowest BCUT2D eigenvalue weighted by atomic mass is 10.1. The van der Waals surface area contributed by atoms with Crippen molar-refractivity contribution in [1.29, 1.82) is 0 Å². The van der Waals surface area contributed by atoms with E-state index >= 15 is 0 Å². The second kappa shape index (κ2) is 10.6. The minimum absolute atomic E-state index is 0.156. The second-order valence-electron chi connectivity index (χ2n) is 8.22. The number of fused-ring (bicyclic) bond motifs is 1. The van der Waals surface area contributed by atoms with Gasteiger partial charge in [-0.1, -0.05) is 36.4 Å². The molecule has 1 heterocycles. The maximum absolute atomic E-state index is 13.3. The smallest absolute Gasteiger partial charge is 0.335 e. The average molecular weight is 718 g/mol. The zero-order valence-corrected chi connectivity index (χ0v) is 23.3. The Kier molecular flexibility index (Phi) is 7.24. The van der Waals surface area contributed by atoms with Gasteiger partial charge in [0.15, 0.2) is 0 Å². The molecule has 1 aliphatic heterocycles. The van der Waals surface area contributed by atoms with E-state index < -0.39 is 23.7 Å². The van der Waals surface area contributed by atoms with Crippen molar-refractivity contribution in [3.05, 3.63) is 109 Å². The van der Waals surface area contributed by atoms with Crippen LogP contribution in [0.3, 0.4) is 0 Å². The number of urea groups is 1. The Balaban J connectivity index is 1.39. The van der Waals surface area contributed by atoms with Crippen LogP contribution in [0, 0.1) is 13.0 Å². The number of ether oxygens (including phenoxy) is 1. The van der Waals surface area contributed by atoms with E-state index in [-0.39, 0.29) is 11.3 Å². The summed E-state index contributed by atoms with van der Waals surface area (Å²) in [5.74, 6) is -1.40. The molecule has 0 saturated carbocycles. The van der Waals surface area contributed by atoms with Crippen LogP contribution < -0.4 is 15.0 Å². The van der Waals surface area contributed by atoms with E-state index in [1.165, 1.54) is 18.2 Å². The van der Waals surface area contributed by atoms with Crippen LogP contribution in [0.15, 0.2) is 84.4 Å². The van der Waals surface area contributed by atoms with Gasteiger partial charge in [-0.05, 0) is 116 Å². The number of barbiturate groups is 1. The molecule has 1 N–H and O–H groups in total. The highest BCUT2D eigenvalue weighted by Gasteiger charge is 2.36. The van der Waals surface area contributed by atoms with E-state index in [9.17, 15) is 18.8 Å². The van der Waals surface area contributed by atoms with Crippen molar-refractivity contribution in [2.24, 2.45) is 0 Å². The van der Waals surface area contributed by atoms with E-state index in [1.807, 2.05) is 18.2 Å². The first-order valence-corrected chi connectivity index (χ1v) is 13.2. The van der Waals surface area contributed by atoms with Gasteiger partial charge in [0.1, 0.15) is 23.7 Å². The fraction of sp³-hybridized carbons (Fsp3) is 0.0357. The van der Waals surface area contributed by atoms with Gasteiger partial charge >= 0.3 is 6.03 Å². The Labute approximate surface area is 238 Å². The molecule has 9 heteroatoms. The van der Waals surface area contributed by atoms with Crippen molar-refractivity contribution in [2.45, 2.75) is 6.61 Å². The molecule has 5 rings (SSSR count). The number of hydrogen-bond acceptors (Lipinski definition) is 4. The summed E-state index contributed by atoms with van der Waals surface area (Å²) < 4.78 is 21.0. The van der Waals surface area contributed by atoms with Crippen molar-refractivity contribution in [3.63, 3.8) is 0 Å². The molecule has 0 aliphatic carbocycles. The summed E-state index contributed by atoms with van der Waals surface area (Å²) in [5, 5.41) is 4.47. The Bertz CT molecular complexity index is 1580. The quantitative estimate of drug-likeness (QED) is 0.147. The maximum Gasteiger partial charge on any atom is 0.335 e. The Hall–Kier alpha value is -3.32. The van der Waals surface area contributed by atoms with Crippen molar-refractivity contribution in [3.8, 4) is 5.75 Å². The third-order valence-corrected chi connectivity index (χ3v) is 7.32. The first-order valence-electron chi connectivity index (χ1n) is 11.1. The molecule has 4 aromatic rings. The number of carbonyl (C=O) groups excluding carboxylic acids is 3. The van der Waals surface area contributed by atoms with E-state index in [0.717, 1.165) is 40.5 Å². The van der Waals surface area contributed by atoms with Gasteiger partial charge in [-0.15, -0.1) is 0 Å². The van der Waals surface area contributed by atoms with Crippen LogP contribution in [0.4, 0.5) is 14.9 Å². The molecule has 0 atom stereocenters. The number of nitrogens with zero attached hydrogens (tertiary/aromatic N) is 1. The van der Waals surface area contributed by atoms with Crippen molar-refractivity contribution in [2.75, 3.05) is 4.90 Å². The van der Waals surface area contributed by atoms with E-state index in [4.69, 9.17) is 4.74 Å². The van der Waals surface area contributed by atoms with Gasteiger partial charge < -0.3 is 4.74 Å². The van der Waals surface area contributed by atoms with Gasteiger partial charge in [0.2, 0.25) is 0 Å². The summed E-state index contributed by atoms with van der Waals surface area (Å²) in [5.41, 5.74) is 1.58. The number of rotatable bonds is 5. The predicted molar refractivity (Wildman–Crippen MR) is 156 cm³/mol. The van der Waals surface area contributed by atoms with Gasteiger partial charge in [-0.2, -0.15) is 0 Å². The molecular formula is C28H17FI2N2O4. The summed E-state index contributed by atoms with van der Waals surface area (Å²) >= 11 is 4.30. The lowest BCUT2D eigenvalue weighted by Crippen LogP contribution is -2.54. The number of anilines is 1. The van der Waals surface area contributed by atoms with Crippen LogP contribution >= 0.6 is 45.2 Å². The molecule has 0 bridgehead atoms. The second-order valence-corrected chi connectivity index (χ2v) is 10.5. The number of halogens is 3. The van der Waals surface area contributed by atoms with Gasteiger partial charge in [0.05, 0.1) is 12.8 Å². The first-order chi connectivity index (χ1) is 17.8. The SMILES string of the molecule is O=C1NC(=O)N(c2ccc(F)cc2)C(=O)/C1=C/c1cc(I)c(OCc2ccc3ccccc3c2)c(I)c1. The zero-order valence-electron chi connectivity index (χ0n) is 19.0. The number of carbonyl (C=O) groups is 3. The molecule has 4 aromatic carbocycles. The number of nitrogens with one attached hydrogen (secondary N) is 1. The predicted octanol–water partition coefficient (Wildman–Crippen LogP) is 6.43. The van der Waals surface area contributed by atoms with Crippen LogP contribution in [0.25, 0.3) is 16.8 Å². The van der Waals surface area contributed by atoms with Crippen LogP contribution in [0.5, 0.6) is 5.75 Å². The standard InChI is InChI=1S/C28H17FI2N2O4/c29-20-7-9-21(10-8-20)33-27(35)22(26(34)32-28(33)36)12-17-13-23(30)25(24(31)14-17)37-15-16-5-6-18-3-1-2-4-19(18)11-16/h1-14H,15H2,(H,32,34,36)/b22-12+. The maximum atomic E-state index is 13.3. The van der Waals surface area contributed by atoms with Crippen molar-refractivity contribution in [1.82, 2.24) is 5.32 Å². The lowest BCUT2D eigenvalue weighted by molar-refractivity contribution is -0.122. The first kappa shape index (κ1) is 25.3. The van der Waals surface area contributed by atoms with Gasteiger partial charge in [0.25, 0.3) is 11.8 Å². The van der Waals surface area contributed by atoms with Gasteiger partial charge in [-0.3, -0.25) is 14.9 Å². The largest absolute Gasteiger partial charge is 0.487 e. The molecule has 0 unspecified atom stereocenters. The highest BCUT2D eigenvalue weighted by atomic mass is 127. The van der Waals surface area contributed by atoms with E-state index in [1.54, 1.807) is 12.1 Å². The highest BCUT2D eigenvalue weighted by Crippen LogP contribution is 2.31. The van der Waals surface area contributed by atoms with Crippen molar-refractivity contribution >= 4 is 85.6 Å². The molecule has 1 saturated heterocycles. The molecule has 4 amide bonds. The summed E-state index contributed by atoms with van der Waals surface area (Å²) in [6, 6.07) is 21.9. The molecule has 0 radical (unpaired) electrons. The monoisotopic (exact) mass is 718 g/mol. The van der Waals surface area contributed by atoms with Gasteiger partial charge in [0, 0.05) is 0 Å². The van der Waals surface area contributed by atoms with Crippen molar-refractivity contribution < 1.29 is 23.5 Å². The number of imide groups is 2. The van der Waals surface area contributed by atoms with Crippen LogP contribution in [0.1, 0.15) is 11.1 Å². The molecule has 0 spiro atoms. The van der Waals surface area contributed by atoms with E-state index in [0.29, 0.717) is 17.9 Å².